The Kier molecular flexibility index (Phi) is 2.33. The van der Waals surface area contributed by atoms with Crippen LogP contribution in [0.1, 0.15) is 0 Å². The van der Waals surface area contributed by atoms with Crippen molar-refractivity contribution in [2.24, 2.45) is 7.05 Å². The van der Waals surface area contributed by atoms with Crippen LogP contribution in [0.4, 0.5) is 17.6 Å². The van der Waals surface area contributed by atoms with Crippen LogP contribution >= 0.6 is 0 Å². The molecular weight excluding hydrogens is 228 g/mol. The number of anilines is 3. The Hall–Kier alpha value is -2.63. The lowest BCUT2D eigenvalue weighted by molar-refractivity contribution is 0.965. The van der Waals surface area contributed by atoms with Crippen LogP contribution in [0.5, 0.6) is 0 Å². The molecule has 0 aliphatic heterocycles. The normalized spacial score (nSPS) is 10.7. The first kappa shape index (κ1) is 10.5. The zero-order valence-corrected chi connectivity index (χ0v) is 9.83. The molecule has 90 valence electrons. The number of aryl methyl sites for hydroxylation is 1. The molecule has 0 fully saturated rings. The van der Waals surface area contributed by atoms with Gasteiger partial charge >= 0.3 is 0 Å². The van der Waals surface area contributed by atoms with E-state index < -0.39 is 0 Å². The van der Waals surface area contributed by atoms with Gasteiger partial charge in [-0.25, -0.2) is 15.0 Å². The van der Waals surface area contributed by atoms with E-state index in [1.807, 2.05) is 29.8 Å². The van der Waals surface area contributed by atoms with E-state index in [0.717, 1.165) is 16.7 Å². The number of hydrogen-bond acceptors (Lipinski definition) is 5. The molecule has 3 rings (SSSR count). The number of benzene rings is 1. The van der Waals surface area contributed by atoms with E-state index >= 15 is 0 Å². The van der Waals surface area contributed by atoms with Gasteiger partial charge in [0.15, 0.2) is 0 Å². The van der Waals surface area contributed by atoms with E-state index in [1.54, 1.807) is 18.5 Å². The van der Waals surface area contributed by atoms with Crippen molar-refractivity contribution in [3.8, 4) is 0 Å². The second kappa shape index (κ2) is 3.99. The summed E-state index contributed by atoms with van der Waals surface area (Å²) in [7, 11) is 1.88. The Morgan fingerprint density at radius 2 is 1.94 bits per heavy atom. The number of nitrogens with one attached hydrogen (secondary N) is 1. The summed E-state index contributed by atoms with van der Waals surface area (Å²) in [5, 5.41) is 3.13. The van der Waals surface area contributed by atoms with Crippen LogP contribution in [0.2, 0.25) is 0 Å². The molecule has 0 atom stereocenters. The minimum Gasteiger partial charge on any atom is -0.369 e. The predicted molar refractivity (Wildman–Crippen MR) is 70.4 cm³/mol. The van der Waals surface area contributed by atoms with Gasteiger partial charge in [0.25, 0.3) is 0 Å². The monoisotopic (exact) mass is 240 g/mol. The van der Waals surface area contributed by atoms with Crippen molar-refractivity contribution < 1.29 is 0 Å². The van der Waals surface area contributed by atoms with Crippen LogP contribution in [0.25, 0.3) is 11.0 Å². The molecule has 0 aliphatic carbocycles. The summed E-state index contributed by atoms with van der Waals surface area (Å²) in [6, 6.07) is 7.60. The molecule has 0 aliphatic rings. The highest BCUT2D eigenvalue weighted by Crippen LogP contribution is 2.25. The second-order valence-corrected chi connectivity index (χ2v) is 3.90. The minimum absolute atomic E-state index is 0.480. The van der Waals surface area contributed by atoms with Crippen molar-refractivity contribution in [1.29, 1.82) is 0 Å². The largest absolute Gasteiger partial charge is 0.369 e. The molecule has 0 unspecified atom stereocenters. The quantitative estimate of drug-likeness (QED) is 0.712. The summed E-state index contributed by atoms with van der Waals surface area (Å²) >= 11 is 0. The number of imidazole rings is 1. The van der Waals surface area contributed by atoms with E-state index in [9.17, 15) is 0 Å². The summed E-state index contributed by atoms with van der Waals surface area (Å²) in [5.74, 6) is 1.02. The third kappa shape index (κ3) is 1.64. The van der Waals surface area contributed by atoms with Gasteiger partial charge in [-0.2, -0.15) is 0 Å². The highest BCUT2D eigenvalue weighted by Gasteiger charge is 2.09. The summed E-state index contributed by atoms with van der Waals surface area (Å²) in [4.78, 5) is 12.6. The fraction of sp³-hybridized carbons (Fsp3) is 0.0833. The number of fused-ring (bicyclic) bond motifs is 1. The number of aromatic nitrogens is 4. The highest BCUT2D eigenvalue weighted by molar-refractivity contribution is 5.91. The van der Waals surface area contributed by atoms with Gasteiger partial charge in [-0.3, -0.25) is 0 Å². The molecule has 18 heavy (non-hydrogen) atoms. The van der Waals surface area contributed by atoms with Crippen molar-refractivity contribution in [1.82, 2.24) is 19.5 Å². The van der Waals surface area contributed by atoms with Gasteiger partial charge in [-0.15, -0.1) is 0 Å². The topological polar surface area (TPSA) is 81.7 Å². The zero-order valence-electron chi connectivity index (χ0n) is 9.83. The lowest BCUT2D eigenvalue weighted by Gasteiger charge is -2.04. The van der Waals surface area contributed by atoms with E-state index in [2.05, 4.69) is 20.3 Å². The predicted octanol–water partition coefficient (Wildman–Crippen LogP) is 1.69. The lowest BCUT2D eigenvalue weighted by Crippen LogP contribution is -1.96. The van der Waals surface area contributed by atoms with Crippen LogP contribution in [0, 0.1) is 0 Å². The molecule has 1 aromatic carbocycles. The van der Waals surface area contributed by atoms with Gasteiger partial charge in [0.05, 0.1) is 11.2 Å². The number of nitrogen functional groups attached to an aromatic ring is 1. The molecule has 0 amide bonds. The highest BCUT2D eigenvalue weighted by atomic mass is 15.2. The zero-order chi connectivity index (χ0) is 12.5. The van der Waals surface area contributed by atoms with Crippen LogP contribution in [0.3, 0.4) is 0 Å². The third-order valence-electron chi connectivity index (χ3n) is 2.76. The van der Waals surface area contributed by atoms with Crippen molar-refractivity contribution in [2.45, 2.75) is 0 Å². The SMILES string of the molecule is Cn1c(N)nc2c(Nc3ncccn3)cccc21. The third-order valence-corrected chi connectivity index (χ3v) is 2.76. The van der Waals surface area contributed by atoms with Gasteiger partial charge in [0, 0.05) is 19.4 Å². The standard InChI is InChI=1S/C12H12N6/c1-18-9-5-2-4-8(10(9)17-11(18)13)16-12-14-6-3-7-15-12/h2-7H,1H3,(H2,13,17)(H,14,15,16). The number of rotatable bonds is 2. The van der Waals surface area contributed by atoms with Gasteiger partial charge in [0.2, 0.25) is 11.9 Å². The Morgan fingerprint density at radius 1 is 1.17 bits per heavy atom. The number of nitrogens with two attached hydrogens (primary N) is 1. The molecular formula is C12H12N6. The van der Waals surface area contributed by atoms with Crippen molar-refractivity contribution in [3.05, 3.63) is 36.7 Å². The Morgan fingerprint density at radius 3 is 2.72 bits per heavy atom. The molecule has 3 aromatic rings. The summed E-state index contributed by atoms with van der Waals surface area (Å²) in [6.07, 6.45) is 3.37. The van der Waals surface area contributed by atoms with Gasteiger partial charge in [-0.05, 0) is 18.2 Å². The lowest BCUT2D eigenvalue weighted by atomic mass is 10.2. The summed E-state index contributed by atoms with van der Waals surface area (Å²) in [5.41, 5.74) is 8.42. The van der Waals surface area contributed by atoms with Gasteiger partial charge < -0.3 is 15.6 Å². The van der Waals surface area contributed by atoms with Crippen molar-refractivity contribution >= 4 is 28.6 Å². The van der Waals surface area contributed by atoms with Crippen LogP contribution in [0.15, 0.2) is 36.7 Å². The number of nitrogens with zero attached hydrogens (tertiary/aromatic N) is 4. The Balaban J connectivity index is 2.10. The van der Waals surface area contributed by atoms with Crippen molar-refractivity contribution in [3.63, 3.8) is 0 Å². The average molecular weight is 240 g/mol. The molecule has 0 bridgehead atoms. The maximum Gasteiger partial charge on any atom is 0.227 e. The number of hydrogen-bond donors (Lipinski definition) is 2. The smallest absolute Gasteiger partial charge is 0.227 e. The molecule has 0 radical (unpaired) electrons. The molecule has 0 spiro atoms. The van der Waals surface area contributed by atoms with Crippen molar-refractivity contribution in [2.75, 3.05) is 11.1 Å². The van der Waals surface area contributed by atoms with E-state index in [0.29, 0.717) is 11.9 Å². The maximum atomic E-state index is 5.81. The van der Waals surface area contributed by atoms with E-state index in [1.165, 1.54) is 0 Å². The molecule has 3 N–H and O–H groups in total. The Bertz CT molecular complexity index is 688. The molecule has 6 nitrogen and oxygen atoms in total. The maximum absolute atomic E-state index is 5.81. The fourth-order valence-corrected chi connectivity index (χ4v) is 1.82. The summed E-state index contributed by atoms with van der Waals surface area (Å²) < 4.78 is 1.84. The van der Waals surface area contributed by atoms with Crippen LogP contribution < -0.4 is 11.1 Å². The van der Waals surface area contributed by atoms with Crippen LogP contribution in [-0.4, -0.2) is 19.5 Å². The molecule has 2 aromatic heterocycles. The first-order valence-electron chi connectivity index (χ1n) is 5.50. The first-order valence-corrected chi connectivity index (χ1v) is 5.50. The number of para-hydroxylation sites is 1. The van der Waals surface area contributed by atoms with Gasteiger partial charge in [0.1, 0.15) is 5.52 Å². The first-order chi connectivity index (χ1) is 8.75. The molecule has 0 saturated carbocycles. The van der Waals surface area contributed by atoms with Gasteiger partial charge in [-0.1, -0.05) is 6.07 Å². The molecule has 0 saturated heterocycles. The van der Waals surface area contributed by atoms with E-state index in [-0.39, 0.29) is 0 Å². The van der Waals surface area contributed by atoms with E-state index in [4.69, 9.17) is 5.73 Å². The minimum atomic E-state index is 0.480. The summed E-state index contributed by atoms with van der Waals surface area (Å²) in [6.45, 7) is 0. The Labute approximate surface area is 104 Å². The van der Waals surface area contributed by atoms with Crippen LogP contribution in [-0.2, 0) is 7.05 Å². The molecule has 6 heteroatoms. The molecule has 2 heterocycles. The second-order valence-electron chi connectivity index (χ2n) is 3.90. The fourth-order valence-electron chi connectivity index (χ4n) is 1.82. The average Bonchev–Trinajstić information content (AvgIpc) is 2.69.